The number of aryl methyl sites for hydroxylation is 1. The molecule has 0 spiro atoms. The molecule has 7 heteroatoms. The minimum Gasteiger partial charge on any atom is -0.348 e. The summed E-state index contributed by atoms with van der Waals surface area (Å²) in [5, 5.41) is 15.7. The van der Waals surface area contributed by atoms with Crippen molar-refractivity contribution in [2.75, 3.05) is 5.75 Å². The maximum atomic E-state index is 12.6. The molecule has 1 fully saturated rings. The van der Waals surface area contributed by atoms with Gasteiger partial charge in [-0.2, -0.15) is 0 Å². The average Bonchev–Trinajstić information content (AvgIpc) is 3.46. The monoisotopic (exact) mass is 393 g/mol. The molecule has 1 atom stereocenters. The Balaban J connectivity index is 1.35. The van der Waals surface area contributed by atoms with E-state index in [4.69, 9.17) is 0 Å². The lowest BCUT2D eigenvalue weighted by Crippen LogP contribution is -2.31. The van der Waals surface area contributed by atoms with Crippen LogP contribution in [0.2, 0.25) is 0 Å². The molecule has 28 heavy (non-hydrogen) atoms. The van der Waals surface area contributed by atoms with Crippen molar-refractivity contribution >= 4 is 17.7 Å². The molecule has 2 aromatic carbocycles. The van der Waals surface area contributed by atoms with Gasteiger partial charge < -0.3 is 5.32 Å². The number of thioether (sulfide) groups is 1. The second-order valence-electron chi connectivity index (χ2n) is 7.19. The minimum absolute atomic E-state index is 0.0109. The molecular formula is C21H23N5OS. The second-order valence-corrected chi connectivity index (χ2v) is 8.13. The van der Waals surface area contributed by atoms with E-state index >= 15 is 0 Å². The van der Waals surface area contributed by atoms with Crippen LogP contribution in [0.4, 0.5) is 0 Å². The van der Waals surface area contributed by atoms with Crippen molar-refractivity contribution in [3.05, 3.63) is 71.3 Å². The molecule has 3 aromatic rings. The quantitative estimate of drug-likeness (QED) is 0.594. The molecule has 6 nitrogen and oxygen atoms in total. The van der Waals surface area contributed by atoms with E-state index in [9.17, 15) is 4.79 Å². The van der Waals surface area contributed by atoms with Crippen LogP contribution in [-0.4, -0.2) is 31.9 Å². The van der Waals surface area contributed by atoms with Gasteiger partial charge >= 0.3 is 0 Å². The van der Waals surface area contributed by atoms with E-state index in [2.05, 4.69) is 52.0 Å². The number of hydrogen-bond acceptors (Lipinski definition) is 5. The van der Waals surface area contributed by atoms with Gasteiger partial charge in [0.25, 0.3) is 0 Å². The Morgan fingerprint density at radius 1 is 1.18 bits per heavy atom. The zero-order valence-electron chi connectivity index (χ0n) is 15.8. The van der Waals surface area contributed by atoms with Gasteiger partial charge in [0.2, 0.25) is 11.1 Å². The van der Waals surface area contributed by atoms with Gasteiger partial charge in [-0.3, -0.25) is 4.79 Å². The molecule has 1 aliphatic carbocycles. The molecule has 0 aliphatic heterocycles. The molecule has 1 aromatic heterocycles. The van der Waals surface area contributed by atoms with E-state index in [1.54, 1.807) is 4.68 Å². The van der Waals surface area contributed by atoms with Crippen molar-refractivity contribution in [3.8, 4) is 0 Å². The number of tetrazole rings is 1. The molecule has 0 saturated heterocycles. The van der Waals surface area contributed by atoms with Gasteiger partial charge in [-0.1, -0.05) is 71.9 Å². The number of aromatic nitrogens is 4. The van der Waals surface area contributed by atoms with Crippen molar-refractivity contribution in [1.82, 2.24) is 25.5 Å². The summed E-state index contributed by atoms with van der Waals surface area (Å²) in [5.41, 5.74) is 3.53. The molecule has 0 bridgehead atoms. The number of amides is 1. The molecule has 1 unspecified atom stereocenters. The fraction of sp³-hybridized carbons (Fsp3) is 0.333. The molecule has 144 valence electrons. The Bertz CT molecular complexity index is 921. The van der Waals surface area contributed by atoms with Crippen LogP contribution >= 0.6 is 11.8 Å². The summed E-state index contributed by atoms with van der Waals surface area (Å²) in [4.78, 5) is 12.6. The number of carbonyl (C=O) groups excluding carboxylic acids is 1. The standard InChI is InChI=1S/C21H23N5OS/c1-15-7-9-17(10-8-15)20(18-11-12-18)22-19(27)14-28-21-23-24-25-26(21)13-16-5-3-2-4-6-16/h2-10,18,20H,11-14H2,1H3,(H,22,27). The van der Waals surface area contributed by atoms with Gasteiger partial charge in [-0.05, 0) is 47.2 Å². The number of hydrogen-bond donors (Lipinski definition) is 1. The van der Waals surface area contributed by atoms with Crippen LogP contribution in [-0.2, 0) is 11.3 Å². The van der Waals surface area contributed by atoms with E-state index in [1.807, 2.05) is 30.3 Å². The fourth-order valence-electron chi connectivity index (χ4n) is 3.18. The third-order valence-corrected chi connectivity index (χ3v) is 5.81. The molecule has 1 amide bonds. The Morgan fingerprint density at radius 3 is 2.64 bits per heavy atom. The van der Waals surface area contributed by atoms with E-state index < -0.39 is 0 Å². The predicted octanol–water partition coefficient (Wildman–Crippen LogP) is 3.39. The predicted molar refractivity (Wildman–Crippen MR) is 109 cm³/mol. The first-order chi connectivity index (χ1) is 13.7. The van der Waals surface area contributed by atoms with E-state index in [1.165, 1.54) is 35.7 Å². The van der Waals surface area contributed by atoms with Crippen LogP contribution in [0, 0.1) is 12.8 Å². The van der Waals surface area contributed by atoms with Crippen molar-refractivity contribution < 1.29 is 4.79 Å². The van der Waals surface area contributed by atoms with Crippen LogP contribution in [0.15, 0.2) is 59.8 Å². The van der Waals surface area contributed by atoms with Gasteiger partial charge in [0, 0.05) is 0 Å². The van der Waals surface area contributed by atoms with Crippen LogP contribution in [0.5, 0.6) is 0 Å². The van der Waals surface area contributed by atoms with Crippen molar-refractivity contribution in [2.24, 2.45) is 5.92 Å². The lowest BCUT2D eigenvalue weighted by molar-refractivity contribution is -0.119. The summed E-state index contributed by atoms with van der Waals surface area (Å²) >= 11 is 1.37. The first-order valence-electron chi connectivity index (χ1n) is 9.48. The SMILES string of the molecule is Cc1ccc(C(NC(=O)CSc2nnnn2Cc2ccccc2)C2CC2)cc1. The molecule has 1 aliphatic rings. The summed E-state index contributed by atoms with van der Waals surface area (Å²) in [6, 6.07) is 18.5. The van der Waals surface area contributed by atoms with E-state index in [0.29, 0.717) is 23.4 Å². The van der Waals surface area contributed by atoms with E-state index in [-0.39, 0.29) is 11.9 Å². The van der Waals surface area contributed by atoms with Crippen LogP contribution < -0.4 is 5.32 Å². The fourth-order valence-corrected chi connectivity index (χ4v) is 3.87. The Hall–Kier alpha value is -2.67. The lowest BCUT2D eigenvalue weighted by Gasteiger charge is -2.19. The van der Waals surface area contributed by atoms with Gasteiger partial charge in [-0.15, -0.1) is 5.10 Å². The van der Waals surface area contributed by atoms with Gasteiger partial charge in [0.1, 0.15) is 0 Å². The van der Waals surface area contributed by atoms with Crippen molar-refractivity contribution in [2.45, 2.75) is 37.5 Å². The van der Waals surface area contributed by atoms with Gasteiger partial charge in [0.15, 0.2) is 0 Å². The summed E-state index contributed by atoms with van der Waals surface area (Å²) in [7, 11) is 0. The van der Waals surface area contributed by atoms with E-state index in [0.717, 1.165) is 5.56 Å². The van der Waals surface area contributed by atoms with Gasteiger partial charge in [0.05, 0.1) is 18.3 Å². The summed E-state index contributed by atoms with van der Waals surface area (Å²) in [6.07, 6.45) is 2.34. The van der Waals surface area contributed by atoms with Crippen LogP contribution in [0.1, 0.15) is 35.6 Å². The lowest BCUT2D eigenvalue weighted by atomic mass is 10.0. The maximum Gasteiger partial charge on any atom is 0.230 e. The summed E-state index contributed by atoms with van der Waals surface area (Å²) in [5.74, 6) is 0.848. The Kier molecular flexibility index (Phi) is 5.71. The van der Waals surface area contributed by atoms with Gasteiger partial charge in [-0.25, -0.2) is 4.68 Å². The first-order valence-corrected chi connectivity index (χ1v) is 10.5. The molecule has 1 N–H and O–H groups in total. The molecule has 4 rings (SSSR count). The second kappa shape index (κ2) is 8.56. The zero-order chi connectivity index (χ0) is 19.3. The van der Waals surface area contributed by atoms with Crippen molar-refractivity contribution in [1.29, 1.82) is 0 Å². The average molecular weight is 394 g/mol. The summed E-state index contributed by atoms with van der Waals surface area (Å²) in [6.45, 7) is 2.66. The number of nitrogens with zero attached hydrogens (tertiary/aromatic N) is 4. The normalized spacial score (nSPS) is 14.6. The topological polar surface area (TPSA) is 72.7 Å². The van der Waals surface area contributed by atoms with Crippen LogP contribution in [0.3, 0.4) is 0 Å². The maximum absolute atomic E-state index is 12.6. The number of nitrogens with one attached hydrogen (secondary N) is 1. The largest absolute Gasteiger partial charge is 0.348 e. The third kappa shape index (κ3) is 4.78. The number of carbonyl (C=O) groups is 1. The smallest absolute Gasteiger partial charge is 0.230 e. The Labute approximate surface area is 168 Å². The highest BCUT2D eigenvalue weighted by Gasteiger charge is 2.33. The molecule has 0 radical (unpaired) electrons. The highest BCUT2D eigenvalue weighted by molar-refractivity contribution is 7.99. The molecule has 1 heterocycles. The highest BCUT2D eigenvalue weighted by Crippen LogP contribution is 2.41. The summed E-state index contributed by atoms with van der Waals surface area (Å²) < 4.78 is 1.73. The minimum atomic E-state index is 0.0109. The molecule has 1 saturated carbocycles. The van der Waals surface area contributed by atoms with Crippen LogP contribution in [0.25, 0.3) is 0 Å². The highest BCUT2D eigenvalue weighted by atomic mass is 32.2. The number of rotatable bonds is 8. The number of benzene rings is 2. The zero-order valence-corrected chi connectivity index (χ0v) is 16.6. The Morgan fingerprint density at radius 2 is 1.93 bits per heavy atom. The first kappa shape index (κ1) is 18.7. The third-order valence-electron chi connectivity index (χ3n) is 4.85. The van der Waals surface area contributed by atoms with Crippen molar-refractivity contribution in [3.63, 3.8) is 0 Å². The molecular weight excluding hydrogens is 370 g/mol.